The fourth-order valence-electron chi connectivity index (χ4n) is 5.84. The van der Waals surface area contributed by atoms with Crippen molar-refractivity contribution in [3.63, 3.8) is 0 Å². The van der Waals surface area contributed by atoms with Crippen molar-refractivity contribution in [2.45, 2.75) is 115 Å². The number of phenols is 2. The van der Waals surface area contributed by atoms with Crippen LogP contribution in [0.4, 0.5) is 10.5 Å². The molecule has 1 aliphatic carbocycles. The SMILES string of the molecule is CCCNC(=O)Cc1csc(Sc2cc(O)c(NC(=O)NCCCOC3CCC(C(C)(C)CC)CC3C(C)(C)CC)cc2O)n1. The molecule has 0 radical (unpaired) electrons. The molecule has 1 fully saturated rings. The monoisotopic (exact) mass is 662 g/mol. The Morgan fingerprint density at radius 3 is 2.44 bits per heavy atom. The summed E-state index contributed by atoms with van der Waals surface area (Å²) in [5.41, 5.74) is 1.30. The molecule has 3 atom stereocenters. The van der Waals surface area contributed by atoms with Gasteiger partial charge in [-0.3, -0.25) is 4.79 Å². The second-order valence-corrected chi connectivity index (χ2v) is 15.7. The van der Waals surface area contributed by atoms with E-state index in [0.29, 0.717) is 58.3 Å². The van der Waals surface area contributed by atoms with Crippen molar-refractivity contribution < 1.29 is 24.5 Å². The van der Waals surface area contributed by atoms with E-state index in [4.69, 9.17) is 4.74 Å². The summed E-state index contributed by atoms with van der Waals surface area (Å²) in [5, 5.41) is 31.2. The van der Waals surface area contributed by atoms with Gasteiger partial charge in [-0.25, -0.2) is 9.78 Å². The molecular weight excluding hydrogens is 609 g/mol. The third-order valence-electron chi connectivity index (χ3n) is 9.62. The molecule has 1 aliphatic rings. The van der Waals surface area contributed by atoms with Gasteiger partial charge >= 0.3 is 6.03 Å². The van der Waals surface area contributed by atoms with Crippen LogP contribution in [0, 0.1) is 22.7 Å². The number of aromatic nitrogens is 1. The molecule has 5 N–H and O–H groups in total. The van der Waals surface area contributed by atoms with Crippen molar-refractivity contribution in [2.75, 3.05) is 25.0 Å². The highest BCUT2D eigenvalue weighted by atomic mass is 32.2. The van der Waals surface area contributed by atoms with Crippen LogP contribution >= 0.6 is 23.1 Å². The zero-order valence-electron chi connectivity index (χ0n) is 28.1. The molecule has 9 nitrogen and oxygen atoms in total. The Balaban J connectivity index is 1.46. The van der Waals surface area contributed by atoms with Crippen LogP contribution < -0.4 is 16.0 Å². The van der Waals surface area contributed by atoms with E-state index in [0.717, 1.165) is 19.3 Å². The molecule has 2 aromatic rings. The number of phenolic OH excluding ortho intramolecular Hbond substituents is 2. The molecule has 0 bridgehead atoms. The quantitative estimate of drug-likeness (QED) is 0.0700. The molecule has 3 rings (SSSR count). The first-order valence-corrected chi connectivity index (χ1v) is 18.1. The van der Waals surface area contributed by atoms with Crippen molar-refractivity contribution in [3.8, 4) is 11.5 Å². The molecule has 0 aliphatic heterocycles. The van der Waals surface area contributed by atoms with Crippen LogP contribution in [0.5, 0.6) is 11.5 Å². The van der Waals surface area contributed by atoms with E-state index in [1.54, 1.807) is 5.38 Å². The largest absolute Gasteiger partial charge is 0.507 e. The topological polar surface area (TPSA) is 133 Å². The number of amides is 3. The van der Waals surface area contributed by atoms with E-state index in [2.05, 4.69) is 62.5 Å². The van der Waals surface area contributed by atoms with Gasteiger partial charge in [0.05, 0.1) is 28.8 Å². The average molecular weight is 663 g/mol. The molecule has 1 aromatic carbocycles. The van der Waals surface area contributed by atoms with E-state index < -0.39 is 6.03 Å². The number of nitrogens with one attached hydrogen (secondary N) is 3. The van der Waals surface area contributed by atoms with Gasteiger partial charge in [0.2, 0.25) is 5.91 Å². The lowest BCUT2D eigenvalue weighted by molar-refractivity contribution is -0.120. The van der Waals surface area contributed by atoms with Gasteiger partial charge in [0.25, 0.3) is 0 Å². The van der Waals surface area contributed by atoms with E-state index in [1.807, 2.05) is 6.92 Å². The number of thiazole rings is 1. The number of carbonyl (C=O) groups excluding carboxylic acids is 2. The van der Waals surface area contributed by atoms with Gasteiger partial charge in [-0.2, -0.15) is 0 Å². The van der Waals surface area contributed by atoms with E-state index in [9.17, 15) is 19.8 Å². The van der Waals surface area contributed by atoms with Gasteiger partial charge in [-0.15, -0.1) is 11.3 Å². The predicted octanol–water partition coefficient (Wildman–Crippen LogP) is 7.96. The summed E-state index contributed by atoms with van der Waals surface area (Å²) in [5.74, 6) is 0.868. The fourth-order valence-corrected chi connectivity index (χ4v) is 7.68. The standard InChI is InChI=1S/C34H54N4O5S2/c1-8-14-35-30(41)18-23-21-44-32(37-23)45-29-20-26(39)25(19-27(29)40)38-31(42)36-15-11-16-43-28-13-12-22(33(4,5)9-2)17-24(28)34(6,7)10-3/h19-22,24,28,39-40H,8-18H2,1-7H3,(H,35,41)(H2,36,38,42). The second kappa shape index (κ2) is 16.9. The number of rotatable bonds is 16. The van der Waals surface area contributed by atoms with E-state index in [-0.39, 0.29) is 41.0 Å². The average Bonchev–Trinajstić information content (AvgIpc) is 3.44. The van der Waals surface area contributed by atoms with Crippen LogP contribution in [0.3, 0.4) is 0 Å². The van der Waals surface area contributed by atoms with Crippen LogP contribution in [-0.2, 0) is 16.0 Å². The number of benzene rings is 1. The molecule has 45 heavy (non-hydrogen) atoms. The molecule has 1 saturated carbocycles. The lowest BCUT2D eigenvalue weighted by atomic mass is 9.60. The zero-order chi connectivity index (χ0) is 33.2. The first-order valence-electron chi connectivity index (χ1n) is 16.4. The Kier molecular flexibility index (Phi) is 13.9. The zero-order valence-corrected chi connectivity index (χ0v) is 29.8. The maximum atomic E-state index is 12.6. The smallest absolute Gasteiger partial charge is 0.319 e. The predicted molar refractivity (Wildman–Crippen MR) is 183 cm³/mol. The van der Waals surface area contributed by atoms with Crippen molar-refractivity contribution in [3.05, 3.63) is 23.2 Å². The van der Waals surface area contributed by atoms with Gasteiger partial charge in [0.15, 0.2) is 4.34 Å². The van der Waals surface area contributed by atoms with Crippen molar-refractivity contribution in [2.24, 2.45) is 22.7 Å². The summed E-state index contributed by atoms with van der Waals surface area (Å²) in [6, 6.07) is 2.24. The third-order valence-corrected chi connectivity index (χ3v) is 11.7. The van der Waals surface area contributed by atoms with Crippen molar-refractivity contribution >= 4 is 40.7 Å². The van der Waals surface area contributed by atoms with Crippen molar-refractivity contribution in [1.29, 1.82) is 0 Å². The fraction of sp³-hybridized carbons (Fsp3) is 0.676. The van der Waals surface area contributed by atoms with Crippen LogP contribution in [0.25, 0.3) is 0 Å². The van der Waals surface area contributed by atoms with Gasteiger partial charge in [-0.1, -0.05) is 73.1 Å². The normalized spacial score (nSPS) is 18.9. The minimum atomic E-state index is -0.469. The molecule has 1 aromatic heterocycles. The third kappa shape index (κ3) is 10.8. The summed E-state index contributed by atoms with van der Waals surface area (Å²) in [6.07, 6.45) is 7.73. The summed E-state index contributed by atoms with van der Waals surface area (Å²) in [7, 11) is 0. The van der Waals surface area contributed by atoms with E-state index in [1.165, 1.54) is 54.5 Å². The Morgan fingerprint density at radius 1 is 1.02 bits per heavy atom. The molecule has 0 spiro atoms. The Morgan fingerprint density at radius 2 is 1.76 bits per heavy atom. The number of nitrogens with zero attached hydrogens (tertiary/aromatic N) is 1. The first-order chi connectivity index (χ1) is 21.3. The van der Waals surface area contributed by atoms with Crippen LogP contribution in [0.15, 0.2) is 26.7 Å². The highest BCUT2D eigenvalue weighted by Gasteiger charge is 2.43. The van der Waals surface area contributed by atoms with Crippen molar-refractivity contribution in [1.82, 2.24) is 15.6 Å². The minimum Gasteiger partial charge on any atom is -0.507 e. The molecule has 11 heteroatoms. The highest BCUT2D eigenvalue weighted by Crippen LogP contribution is 2.49. The molecular formula is C34H54N4O5S2. The van der Waals surface area contributed by atoms with Crippen LogP contribution in [0.2, 0.25) is 0 Å². The van der Waals surface area contributed by atoms with Gasteiger partial charge in [0.1, 0.15) is 11.5 Å². The molecule has 3 amide bonds. The number of ether oxygens (including phenoxy) is 1. The molecule has 0 saturated heterocycles. The maximum absolute atomic E-state index is 12.6. The number of carbonyl (C=O) groups is 2. The van der Waals surface area contributed by atoms with Gasteiger partial charge in [0, 0.05) is 31.1 Å². The van der Waals surface area contributed by atoms with Crippen LogP contribution in [-0.4, -0.2) is 52.9 Å². The minimum absolute atomic E-state index is 0.0843. The number of aromatic hydroxyl groups is 2. The second-order valence-electron chi connectivity index (χ2n) is 13.5. The summed E-state index contributed by atoms with van der Waals surface area (Å²) >= 11 is 2.54. The number of hydrogen-bond acceptors (Lipinski definition) is 8. The van der Waals surface area contributed by atoms with Crippen LogP contribution in [0.1, 0.15) is 99.1 Å². The maximum Gasteiger partial charge on any atom is 0.319 e. The number of anilines is 1. The summed E-state index contributed by atoms with van der Waals surface area (Å²) < 4.78 is 7.07. The Bertz CT molecular complexity index is 1270. The number of hydrogen-bond donors (Lipinski definition) is 5. The van der Waals surface area contributed by atoms with Gasteiger partial charge < -0.3 is 30.9 Å². The Hall–Kier alpha value is -2.50. The molecule has 3 unspecified atom stereocenters. The molecule has 252 valence electrons. The number of urea groups is 1. The lowest BCUT2D eigenvalue weighted by Crippen LogP contribution is -2.43. The van der Waals surface area contributed by atoms with E-state index >= 15 is 0 Å². The first kappa shape index (κ1) is 37.0. The Labute approximate surface area is 277 Å². The van der Waals surface area contributed by atoms with Gasteiger partial charge in [-0.05, 0) is 60.8 Å². The highest BCUT2D eigenvalue weighted by molar-refractivity contribution is 8.01. The summed E-state index contributed by atoms with van der Waals surface area (Å²) in [6.45, 7) is 17.7. The molecule has 1 heterocycles. The lowest BCUT2D eigenvalue weighted by Gasteiger charge is -2.48. The summed E-state index contributed by atoms with van der Waals surface area (Å²) in [4.78, 5) is 29.3.